The number of nitriles is 1. The summed E-state index contributed by atoms with van der Waals surface area (Å²) in [5.74, 6) is -2.46. The molecule has 11 heteroatoms. The summed E-state index contributed by atoms with van der Waals surface area (Å²) in [5.41, 5.74) is 0.642. The number of hydrogen-bond acceptors (Lipinski definition) is 9. The van der Waals surface area contributed by atoms with Crippen LogP contribution in [0, 0.1) is 11.3 Å². The topological polar surface area (TPSA) is 160 Å². The number of aromatic nitrogens is 5. The molecular formula is C23H19N7O4. The number of nitrogens with one attached hydrogen (secondary N) is 1. The van der Waals surface area contributed by atoms with Crippen LogP contribution in [0.15, 0.2) is 64.6 Å². The number of anilines is 1. The first-order chi connectivity index (χ1) is 16.4. The van der Waals surface area contributed by atoms with Gasteiger partial charge in [0.2, 0.25) is 5.75 Å². The minimum Gasteiger partial charge on any atom is -0.501 e. The zero-order valence-corrected chi connectivity index (χ0v) is 18.2. The van der Waals surface area contributed by atoms with E-state index in [1.807, 2.05) is 0 Å². The molecule has 0 fully saturated rings. The molecular weight excluding hydrogens is 438 g/mol. The van der Waals surface area contributed by atoms with Crippen molar-refractivity contribution >= 4 is 11.6 Å². The van der Waals surface area contributed by atoms with Gasteiger partial charge in [0.25, 0.3) is 11.5 Å². The number of nitrogens with zero attached hydrogens (tertiary/aromatic N) is 6. The Labute approximate surface area is 193 Å². The fourth-order valence-electron chi connectivity index (χ4n) is 3.80. The van der Waals surface area contributed by atoms with Gasteiger partial charge in [0.15, 0.2) is 5.69 Å². The van der Waals surface area contributed by atoms with Crippen LogP contribution in [-0.2, 0) is 7.05 Å². The van der Waals surface area contributed by atoms with Crippen LogP contribution in [0.4, 0.5) is 5.69 Å². The Bertz CT molecular complexity index is 1430. The summed E-state index contributed by atoms with van der Waals surface area (Å²) in [6.45, 7) is 1.80. The minimum absolute atomic E-state index is 0.210. The smallest absolute Gasteiger partial charge is 0.296 e. The molecule has 3 aromatic heterocycles. The van der Waals surface area contributed by atoms with Crippen LogP contribution in [0.5, 0.6) is 5.75 Å². The van der Waals surface area contributed by atoms with E-state index in [1.165, 1.54) is 36.5 Å². The molecule has 0 aliphatic carbocycles. The van der Waals surface area contributed by atoms with E-state index in [1.54, 1.807) is 37.4 Å². The Morgan fingerprint density at radius 3 is 2.74 bits per heavy atom. The van der Waals surface area contributed by atoms with Gasteiger partial charge in [-0.1, -0.05) is 30.3 Å². The van der Waals surface area contributed by atoms with E-state index in [4.69, 9.17) is 0 Å². The largest absolute Gasteiger partial charge is 0.501 e. The summed E-state index contributed by atoms with van der Waals surface area (Å²) >= 11 is 0. The predicted molar refractivity (Wildman–Crippen MR) is 119 cm³/mol. The number of benzene rings is 1. The lowest BCUT2D eigenvalue weighted by atomic mass is 9.82. The summed E-state index contributed by atoms with van der Waals surface area (Å²) in [6.07, 6.45) is 7.10. The molecule has 0 aliphatic heterocycles. The molecule has 0 saturated heterocycles. The SMILES string of the molecule is C[C@@H](c1nc(C(=O)Nc2cnoc2)c(O)c(=O)n1C)[C@@H](c1cnccn1)c1ccccc1C#N. The minimum atomic E-state index is -0.805. The molecule has 0 unspecified atom stereocenters. The van der Waals surface area contributed by atoms with Crippen LogP contribution in [-0.4, -0.2) is 35.7 Å². The lowest BCUT2D eigenvalue weighted by molar-refractivity contribution is 0.101. The second-order valence-electron chi connectivity index (χ2n) is 7.49. The first kappa shape index (κ1) is 22.3. The molecule has 0 aliphatic rings. The van der Waals surface area contributed by atoms with Gasteiger partial charge in [-0.2, -0.15) is 5.26 Å². The molecule has 0 bridgehead atoms. The third kappa shape index (κ3) is 4.12. The van der Waals surface area contributed by atoms with E-state index in [0.29, 0.717) is 16.8 Å². The first-order valence-electron chi connectivity index (χ1n) is 10.2. The molecule has 34 heavy (non-hydrogen) atoms. The number of rotatable bonds is 6. The quantitative estimate of drug-likeness (QED) is 0.443. The van der Waals surface area contributed by atoms with E-state index in [0.717, 1.165) is 0 Å². The number of amides is 1. The number of carbonyl (C=O) groups excluding carboxylic acids is 1. The maximum atomic E-state index is 12.8. The summed E-state index contributed by atoms with van der Waals surface area (Å²) in [4.78, 5) is 38.5. The third-order valence-corrected chi connectivity index (χ3v) is 5.43. The number of hydrogen-bond donors (Lipinski definition) is 2. The van der Waals surface area contributed by atoms with Crippen molar-refractivity contribution < 1.29 is 14.4 Å². The van der Waals surface area contributed by atoms with Crippen molar-refractivity contribution in [1.29, 1.82) is 5.26 Å². The molecule has 170 valence electrons. The molecule has 1 amide bonds. The Hall–Kier alpha value is -4.85. The number of carbonyl (C=O) groups is 1. The van der Waals surface area contributed by atoms with Crippen LogP contribution in [0.25, 0.3) is 0 Å². The van der Waals surface area contributed by atoms with Crippen molar-refractivity contribution in [2.45, 2.75) is 18.8 Å². The van der Waals surface area contributed by atoms with Gasteiger partial charge in [0.05, 0.1) is 23.5 Å². The van der Waals surface area contributed by atoms with Gasteiger partial charge in [-0.05, 0) is 11.6 Å². The fraction of sp³-hybridized carbons (Fsp3) is 0.174. The molecule has 4 aromatic rings. The Balaban J connectivity index is 1.86. The highest BCUT2D eigenvalue weighted by Crippen LogP contribution is 2.38. The molecule has 2 atom stereocenters. The second-order valence-corrected chi connectivity index (χ2v) is 7.49. The van der Waals surface area contributed by atoms with Gasteiger partial charge in [-0.25, -0.2) is 4.98 Å². The lowest BCUT2D eigenvalue weighted by Crippen LogP contribution is -2.29. The summed E-state index contributed by atoms with van der Waals surface area (Å²) < 4.78 is 5.86. The number of aromatic hydroxyl groups is 1. The third-order valence-electron chi connectivity index (χ3n) is 5.43. The van der Waals surface area contributed by atoms with Crippen LogP contribution in [0.3, 0.4) is 0 Å². The molecule has 0 radical (unpaired) electrons. The van der Waals surface area contributed by atoms with E-state index in [2.05, 4.69) is 36.0 Å². The van der Waals surface area contributed by atoms with Crippen molar-refractivity contribution in [1.82, 2.24) is 24.7 Å². The summed E-state index contributed by atoms with van der Waals surface area (Å²) in [6, 6.07) is 9.22. The van der Waals surface area contributed by atoms with Crippen molar-refractivity contribution in [2.24, 2.45) is 7.05 Å². The molecule has 1 aromatic carbocycles. The predicted octanol–water partition coefficient (Wildman–Crippen LogP) is 2.32. The summed E-state index contributed by atoms with van der Waals surface area (Å²) in [7, 11) is 1.45. The Morgan fingerprint density at radius 1 is 1.26 bits per heavy atom. The van der Waals surface area contributed by atoms with Crippen LogP contribution >= 0.6 is 0 Å². The van der Waals surface area contributed by atoms with Crippen LogP contribution in [0.2, 0.25) is 0 Å². The Kier molecular flexibility index (Phi) is 6.13. The van der Waals surface area contributed by atoms with Gasteiger partial charge in [-0.3, -0.25) is 24.1 Å². The normalized spacial score (nSPS) is 12.5. The zero-order chi connectivity index (χ0) is 24.2. The van der Waals surface area contributed by atoms with Gasteiger partial charge >= 0.3 is 0 Å². The maximum Gasteiger partial charge on any atom is 0.296 e. The van der Waals surface area contributed by atoms with Gasteiger partial charge in [0, 0.05) is 37.5 Å². The van der Waals surface area contributed by atoms with Gasteiger partial charge in [0.1, 0.15) is 17.8 Å². The Morgan fingerprint density at radius 2 is 2.06 bits per heavy atom. The molecule has 3 heterocycles. The lowest BCUT2D eigenvalue weighted by Gasteiger charge is -2.26. The molecule has 0 saturated carbocycles. The summed E-state index contributed by atoms with van der Waals surface area (Å²) in [5, 5.41) is 26.0. The standard InChI is InChI=1S/C23H19N7O4/c1-13(18(17-11-25-7-8-26-17)16-6-4-3-5-14(16)9-24)21-29-19(20(31)23(33)30(21)2)22(32)28-15-10-27-34-12-15/h3-8,10-13,18,31H,1-2H3,(H,28,32)/t13-,18-/m1/s1. The second kappa shape index (κ2) is 9.33. The van der Waals surface area contributed by atoms with E-state index < -0.39 is 34.7 Å². The van der Waals surface area contributed by atoms with Crippen molar-refractivity contribution in [3.8, 4) is 11.8 Å². The highest BCUT2D eigenvalue weighted by atomic mass is 16.5. The van der Waals surface area contributed by atoms with Crippen LogP contribution < -0.4 is 10.9 Å². The van der Waals surface area contributed by atoms with Gasteiger partial charge in [-0.15, -0.1) is 0 Å². The highest BCUT2D eigenvalue weighted by molar-refractivity contribution is 6.04. The van der Waals surface area contributed by atoms with E-state index >= 15 is 0 Å². The molecule has 4 rings (SSSR count). The van der Waals surface area contributed by atoms with E-state index in [9.17, 15) is 20.0 Å². The molecule has 2 N–H and O–H groups in total. The van der Waals surface area contributed by atoms with E-state index in [-0.39, 0.29) is 11.5 Å². The first-order valence-corrected chi connectivity index (χ1v) is 10.2. The van der Waals surface area contributed by atoms with Gasteiger partial charge < -0.3 is 14.9 Å². The average molecular weight is 457 g/mol. The molecule has 11 nitrogen and oxygen atoms in total. The maximum absolute atomic E-state index is 12.8. The van der Waals surface area contributed by atoms with Crippen molar-refractivity contribution in [2.75, 3.05) is 5.32 Å². The van der Waals surface area contributed by atoms with Crippen molar-refractivity contribution in [3.05, 3.63) is 94.0 Å². The fourth-order valence-corrected chi connectivity index (χ4v) is 3.80. The zero-order valence-electron chi connectivity index (χ0n) is 18.2. The van der Waals surface area contributed by atoms with Crippen LogP contribution in [0.1, 0.15) is 51.9 Å². The average Bonchev–Trinajstić information content (AvgIpc) is 3.36. The highest BCUT2D eigenvalue weighted by Gasteiger charge is 2.31. The molecule has 0 spiro atoms. The van der Waals surface area contributed by atoms with Crippen molar-refractivity contribution in [3.63, 3.8) is 0 Å². The monoisotopic (exact) mass is 457 g/mol.